The van der Waals surface area contributed by atoms with E-state index in [0.717, 1.165) is 6.07 Å². The molecule has 0 unspecified atom stereocenters. The number of rotatable bonds is 3. The quantitative estimate of drug-likeness (QED) is 0.659. The molecule has 0 radical (unpaired) electrons. The first-order chi connectivity index (χ1) is 9.00. The molecule has 0 saturated heterocycles. The molecule has 0 heterocycles. The van der Waals surface area contributed by atoms with Crippen LogP contribution in [-0.2, 0) is 0 Å². The lowest BCUT2D eigenvalue weighted by atomic mass is 10.1. The number of anilines is 2. The van der Waals surface area contributed by atoms with E-state index in [1.807, 2.05) is 0 Å². The Morgan fingerprint density at radius 3 is 2.42 bits per heavy atom. The van der Waals surface area contributed by atoms with Crippen LogP contribution in [0.5, 0.6) is 0 Å². The average Bonchev–Trinajstić information content (AvgIpc) is 2.38. The van der Waals surface area contributed by atoms with E-state index in [2.05, 4.69) is 0 Å². The van der Waals surface area contributed by atoms with Gasteiger partial charge in [-0.25, -0.2) is 8.78 Å². The van der Waals surface area contributed by atoms with Gasteiger partial charge in [0.25, 0.3) is 0 Å². The van der Waals surface area contributed by atoms with Gasteiger partial charge < -0.3 is 10.6 Å². The van der Waals surface area contributed by atoms with Gasteiger partial charge in [-0.05, 0) is 30.3 Å². The first-order valence-electron chi connectivity index (χ1n) is 5.63. The molecule has 3 N–H and O–H groups in total. The minimum atomic E-state index is -0.490. The van der Waals surface area contributed by atoms with E-state index in [9.17, 15) is 8.78 Å². The molecule has 0 amide bonds. The molecule has 0 aliphatic rings. The number of amidine groups is 1. The maximum Gasteiger partial charge on any atom is 0.146 e. The Morgan fingerprint density at radius 1 is 1.11 bits per heavy atom. The van der Waals surface area contributed by atoms with E-state index in [1.54, 1.807) is 25.2 Å². The molecule has 0 bridgehead atoms. The van der Waals surface area contributed by atoms with E-state index >= 15 is 0 Å². The topological polar surface area (TPSA) is 53.1 Å². The number of nitrogens with two attached hydrogens (primary N) is 1. The number of nitrogens with zero attached hydrogens (tertiary/aromatic N) is 1. The van der Waals surface area contributed by atoms with Crippen LogP contribution in [0.4, 0.5) is 20.2 Å². The summed E-state index contributed by atoms with van der Waals surface area (Å²) in [5.41, 5.74) is 6.46. The van der Waals surface area contributed by atoms with Crippen molar-refractivity contribution in [3.63, 3.8) is 0 Å². The third-order valence-electron chi connectivity index (χ3n) is 2.82. The zero-order valence-corrected chi connectivity index (χ0v) is 10.3. The van der Waals surface area contributed by atoms with Gasteiger partial charge in [0.1, 0.15) is 17.5 Å². The van der Waals surface area contributed by atoms with Crippen LogP contribution in [0.2, 0.25) is 0 Å². The highest BCUT2D eigenvalue weighted by atomic mass is 19.1. The summed E-state index contributed by atoms with van der Waals surface area (Å²) in [7, 11) is 1.64. The number of para-hydroxylation sites is 1. The lowest BCUT2D eigenvalue weighted by Crippen LogP contribution is -2.19. The van der Waals surface area contributed by atoms with Gasteiger partial charge in [-0.15, -0.1) is 0 Å². The van der Waals surface area contributed by atoms with Crippen molar-refractivity contribution in [2.45, 2.75) is 0 Å². The molecular formula is C14H13F2N3. The van der Waals surface area contributed by atoms with Crippen LogP contribution in [0.25, 0.3) is 0 Å². The zero-order valence-electron chi connectivity index (χ0n) is 10.3. The Morgan fingerprint density at radius 2 is 1.79 bits per heavy atom. The number of halogens is 2. The van der Waals surface area contributed by atoms with Crippen molar-refractivity contribution in [2.75, 3.05) is 11.9 Å². The van der Waals surface area contributed by atoms with Gasteiger partial charge in [0.15, 0.2) is 0 Å². The Balaban J connectivity index is 2.53. The van der Waals surface area contributed by atoms with Crippen molar-refractivity contribution in [1.82, 2.24) is 0 Å². The van der Waals surface area contributed by atoms with Gasteiger partial charge >= 0.3 is 0 Å². The second-order valence-corrected chi connectivity index (χ2v) is 4.09. The second kappa shape index (κ2) is 5.06. The van der Waals surface area contributed by atoms with Crippen molar-refractivity contribution in [3.05, 3.63) is 59.7 Å². The monoisotopic (exact) mass is 261 g/mol. The van der Waals surface area contributed by atoms with Crippen molar-refractivity contribution >= 4 is 17.2 Å². The highest BCUT2D eigenvalue weighted by molar-refractivity contribution is 6.01. The van der Waals surface area contributed by atoms with Gasteiger partial charge in [0, 0.05) is 12.6 Å². The standard InChI is InChI=1S/C14H13F2N3/c1-19(13-5-3-2-4-11(13)16)12-7-6-9(15)8-10(12)14(17)18/h2-8H,1H3,(H3,17,18). The first kappa shape index (κ1) is 13.0. The summed E-state index contributed by atoms with van der Waals surface area (Å²) < 4.78 is 26.9. The van der Waals surface area contributed by atoms with Gasteiger partial charge in [-0.1, -0.05) is 12.1 Å². The molecule has 0 spiro atoms. The third kappa shape index (κ3) is 2.54. The largest absolute Gasteiger partial charge is 0.384 e. The fourth-order valence-electron chi connectivity index (χ4n) is 1.87. The van der Waals surface area contributed by atoms with Gasteiger partial charge in [0.2, 0.25) is 0 Å². The highest BCUT2D eigenvalue weighted by Gasteiger charge is 2.14. The molecule has 0 atom stereocenters. The van der Waals surface area contributed by atoms with Crippen molar-refractivity contribution in [1.29, 1.82) is 5.41 Å². The summed E-state index contributed by atoms with van der Waals surface area (Å²) in [6, 6.07) is 10.1. The average molecular weight is 261 g/mol. The Bertz CT molecular complexity index is 626. The van der Waals surface area contributed by atoms with Crippen LogP contribution in [-0.4, -0.2) is 12.9 Å². The lowest BCUT2D eigenvalue weighted by molar-refractivity contribution is 0.625. The Kier molecular flexibility index (Phi) is 3.46. The number of nitrogens with one attached hydrogen (secondary N) is 1. The molecule has 0 aliphatic carbocycles. The van der Waals surface area contributed by atoms with Gasteiger partial charge in [-0.2, -0.15) is 0 Å². The molecule has 0 fully saturated rings. The number of hydrogen-bond donors (Lipinski definition) is 2. The molecule has 2 aromatic rings. The second-order valence-electron chi connectivity index (χ2n) is 4.09. The summed E-state index contributed by atoms with van der Waals surface area (Å²) in [6.45, 7) is 0. The van der Waals surface area contributed by atoms with E-state index in [4.69, 9.17) is 11.1 Å². The number of benzene rings is 2. The van der Waals surface area contributed by atoms with E-state index in [1.165, 1.54) is 23.1 Å². The summed E-state index contributed by atoms with van der Waals surface area (Å²) in [6.07, 6.45) is 0. The van der Waals surface area contributed by atoms with Crippen LogP contribution < -0.4 is 10.6 Å². The van der Waals surface area contributed by atoms with E-state index < -0.39 is 11.6 Å². The third-order valence-corrected chi connectivity index (χ3v) is 2.82. The SMILES string of the molecule is CN(c1ccccc1F)c1ccc(F)cc1C(=N)N. The van der Waals surface area contributed by atoms with Gasteiger partial charge in [0.05, 0.1) is 11.4 Å². The summed E-state index contributed by atoms with van der Waals surface area (Å²) >= 11 is 0. The molecule has 0 saturated carbocycles. The molecule has 2 rings (SSSR count). The Labute approximate surface area is 109 Å². The number of nitrogen functional groups attached to an aromatic ring is 1. The minimum absolute atomic E-state index is 0.228. The molecule has 0 aromatic heterocycles. The van der Waals surface area contributed by atoms with E-state index in [0.29, 0.717) is 11.4 Å². The highest BCUT2D eigenvalue weighted by Crippen LogP contribution is 2.29. The molecule has 3 nitrogen and oxygen atoms in total. The summed E-state index contributed by atoms with van der Waals surface area (Å²) in [5, 5.41) is 7.47. The Hall–Kier alpha value is -2.43. The molecule has 5 heteroatoms. The maximum absolute atomic E-state index is 13.7. The van der Waals surface area contributed by atoms with Crippen LogP contribution in [0.15, 0.2) is 42.5 Å². The molecule has 0 aliphatic heterocycles. The summed E-state index contributed by atoms with van der Waals surface area (Å²) in [5.74, 6) is -1.16. The van der Waals surface area contributed by atoms with Crippen molar-refractivity contribution < 1.29 is 8.78 Å². The predicted molar refractivity (Wildman–Crippen MR) is 71.9 cm³/mol. The molecule has 2 aromatic carbocycles. The lowest BCUT2D eigenvalue weighted by Gasteiger charge is -2.22. The summed E-state index contributed by atoms with van der Waals surface area (Å²) in [4.78, 5) is 1.53. The van der Waals surface area contributed by atoms with Crippen LogP contribution in [0.3, 0.4) is 0 Å². The maximum atomic E-state index is 13.7. The van der Waals surface area contributed by atoms with Crippen LogP contribution in [0, 0.1) is 17.0 Å². The molecule has 98 valence electrons. The van der Waals surface area contributed by atoms with Crippen LogP contribution >= 0.6 is 0 Å². The predicted octanol–water partition coefficient (Wildman–Crippen LogP) is 3.02. The van der Waals surface area contributed by atoms with Gasteiger partial charge in [-0.3, -0.25) is 5.41 Å². The van der Waals surface area contributed by atoms with Crippen LogP contribution in [0.1, 0.15) is 5.56 Å². The normalized spacial score (nSPS) is 10.3. The zero-order chi connectivity index (χ0) is 14.0. The fourth-order valence-corrected chi connectivity index (χ4v) is 1.87. The minimum Gasteiger partial charge on any atom is -0.384 e. The molecule has 19 heavy (non-hydrogen) atoms. The van der Waals surface area contributed by atoms with E-state index in [-0.39, 0.29) is 11.4 Å². The van der Waals surface area contributed by atoms with Crippen molar-refractivity contribution in [3.8, 4) is 0 Å². The smallest absolute Gasteiger partial charge is 0.146 e. The molecular weight excluding hydrogens is 248 g/mol. The first-order valence-corrected chi connectivity index (χ1v) is 5.63. The number of hydrogen-bond acceptors (Lipinski definition) is 2. The fraction of sp³-hybridized carbons (Fsp3) is 0.0714. The van der Waals surface area contributed by atoms with Crippen molar-refractivity contribution in [2.24, 2.45) is 5.73 Å².